The van der Waals surface area contributed by atoms with Crippen LogP contribution >= 0.6 is 0 Å². The van der Waals surface area contributed by atoms with Crippen molar-refractivity contribution in [2.75, 3.05) is 19.4 Å². The monoisotopic (exact) mass is 470 g/mol. The summed E-state index contributed by atoms with van der Waals surface area (Å²) in [6.07, 6.45) is 10.2. The Morgan fingerprint density at radius 3 is 2.63 bits per heavy atom. The molecule has 2 aromatic rings. The molecule has 1 spiro atoms. The van der Waals surface area contributed by atoms with Gasteiger partial charge in [-0.05, 0) is 92.3 Å². The van der Waals surface area contributed by atoms with Crippen molar-refractivity contribution in [3.8, 4) is 0 Å². The van der Waals surface area contributed by atoms with E-state index < -0.39 is 0 Å². The lowest BCUT2D eigenvalue weighted by Gasteiger charge is -2.33. The van der Waals surface area contributed by atoms with E-state index in [1.54, 1.807) is 0 Å². The SMILES string of the molecule is CCc1ccc2c(c1)[C@]1(C[C@H]1C1CCC3C(/C=C/c4ccc(CN(C)C)cc4)NNC3C1)C(=O)N2. The second-order valence-electron chi connectivity index (χ2n) is 11.5. The number of benzene rings is 2. The number of carbonyl (C=O) groups is 1. The molecule has 2 aliphatic carbocycles. The van der Waals surface area contributed by atoms with Crippen molar-refractivity contribution < 1.29 is 4.79 Å². The molecule has 2 aliphatic heterocycles. The van der Waals surface area contributed by atoms with E-state index in [9.17, 15) is 4.79 Å². The maximum absolute atomic E-state index is 13.1. The summed E-state index contributed by atoms with van der Waals surface area (Å²) in [6, 6.07) is 16.3. The molecule has 5 nitrogen and oxygen atoms in total. The lowest BCUT2D eigenvalue weighted by Crippen LogP contribution is -2.37. The highest BCUT2D eigenvalue weighted by Gasteiger charge is 2.67. The van der Waals surface area contributed by atoms with Gasteiger partial charge in [0, 0.05) is 24.3 Å². The summed E-state index contributed by atoms with van der Waals surface area (Å²) < 4.78 is 0. The third-order valence-corrected chi connectivity index (χ3v) is 9.03. The molecule has 0 radical (unpaired) electrons. The van der Waals surface area contributed by atoms with Crippen LogP contribution in [0.4, 0.5) is 5.69 Å². The van der Waals surface area contributed by atoms with E-state index in [2.05, 4.69) is 96.7 Å². The molecule has 2 saturated carbocycles. The Kier molecular flexibility index (Phi) is 5.82. The number of anilines is 1. The van der Waals surface area contributed by atoms with Crippen molar-refractivity contribution >= 4 is 17.7 Å². The quantitative estimate of drug-likeness (QED) is 0.582. The average molecular weight is 471 g/mol. The van der Waals surface area contributed by atoms with Gasteiger partial charge in [0.2, 0.25) is 5.91 Å². The third-order valence-electron chi connectivity index (χ3n) is 9.03. The highest BCUT2D eigenvalue weighted by molar-refractivity contribution is 6.09. The first-order valence-corrected chi connectivity index (χ1v) is 13.4. The number of hydrogen-bond acceptors (Lipinski definition) is 4. The van der Waals surface area contributed by atoms with Gasteiger partial charge in [0.15, 0.2) is 0 Å². The van der Waals surface area contributed by atoms with Gasteiger partial charge in [0.05, 0.1) is 5.41 Å². The van der Waals surface area contributed by atoms with Crippen molar-refractivity contribution in [2.24, 2.45) is 17.8 Å². The standard InChI is InChI=1S/C30H38N4O/c1-4-19-9-14-27-24(15-19)30(29(35)31-27)17-25(30)22-11-12-23-26(32-33-28(23)16-22)13-10-20-5-7-21(8-6-20)18-34(2)3/h5-10,13-15,22-23,25-26,28,32-33H,4,11-12,16-18H2,1-3H3,(H,31,35)/b13-10+/t22?,23?,25-,26?,28?,30-/m0/s1. The summed E-state index contributed by atoms with van der Waals surface area (Å²) in [6.45, 7) is 3.16. The Morgan fingerprint density at radius 1 is 1.06 bits per heavy atom. The minimum atomic E-state index is -0.262. The molecule has 184 valence electrons. The fraction of sp³-hybridized carbons (Fsp3) is 0.500. The molecule has 1 amide bonds. The van der Waals surface area contributed by atoms with E-state index in [0.717, 1.165) is 31.5 Å². The van der Waals surface area contributed by atoms with E-state index >= 15 is 0 Å². The lowest BCUT2D eigenvalue weighted by molar-refractivity contribution is -0.118. The van der Waals surface area contributed by atoms with Gasteiger partial charge in [-0.1, -0.05) is 55.5 Å². The molecule has 4 aliphatic rings. The van der Waals surface area contributed by atoms with Gasteiger partial charge in [-0.15, -0.1) is 0 Å². The maximum atomic E-state index is 13.1. The Labute approximate surface area is 209 Å². The van der Waals surface area contributed by atoms with Crippen LogP contribution < -0.4 is 16.2 Å². The van der Waals surface area contributed by atoms with Gasteiger partial charge in [0.25, 0.3) is 0 Å². The van der Waals surface area contributed by atoms with E-state index in [-0.39, 0.29) is 11.3 Å². The number of fused-ring (bicyclic) bond motifs is 3. The number of rotatable bonds is 6. The number of hydrazine groups is 1. The minimum absolute atomic E-state index is 0.239. The van der Waals surface area contributed by atoms with Gasteiger partial charge in [-0.3, -0.25) is 15.6 Å². The summed E-state index contributed by atoms with van der Waals surface area (Å²) in [5.41, 5.74) is 13.1. The van der Waals surface area contributed by atoms with Crippen molar-refractivity contribution in [3.05, 3.63) is 70.8 Å². The minimum Gasteiger partial charge on any atom is -0.325 e. The van der Waals surface area contributed by atoms with Gasteiger partial charge < -0.3 is 10.2 Å². The Hall–Kier alpha value is -2.47. The number of amides is 1. The predicted molar refractivity (Wildman–Crippen MR) is 142 cm³/mol. The largest absolute Gasteiger partial charge is 0.325 e. The van der Waals surface area contributed by atoms with Crippen LogP contribution in [0.1, 0.15) is 54.9 Å². The third kappa shape index (κ3) is 4.04. The number of nitrogens with one attached hydrogen (secondary N) is 3. The Balaban J connectivity index is 1.10. The van der Waals surface area contributed by atoms with Crippen molar-refractivity contribution in [1.82, 2.24) is 15.8 Å². The lowest BCUT2D eigenvalue weighted by atomic mass is 9.73. The molecule has 0 aromatic heterocycles. The molecule has 5 heteroatoms. The van der Waals surface area contributed by atoms with Gasteiger partial charge in [0.1, 0.15) is 0 Å². The zero-order chi connectivity index (χ0) is 24.2. The average Bonchev–Trinajstić information content (AvgIpc) is 3.40. The molecule has 3 fully saturated rings. The summed E-state index contributed by atoms with van der Waals surface area (Å²) in [5.74, 6) is 1.94. The highest BCUT2D eigenvalue weighted by atomic mass is 16.2. The first kappa shape index (κ1) is 23.0. The summed E-state index contributed by atoms with van der Waals surface area (Å²) in [7, 11) is 4.20. The molecular formula is C30H38N4O. The zero-order valence-electron chi connectivity index (χ0n) is 21.2. The first-order valence-electron chi connectivity index (χ1n) is 13.4. The highest BCUT2D eigenvalue weighted by Crippen LogP contribution is 2.65. The van der Waals surface area contributed by atoms with Crippen molar-refractivity contribution in [1.29, 1.82) is 0 Å². The molecule has 4 unspecified atom stereocenters. The van der Waals surface area contributed by atoms with E-state index in [1.165, 1.54) is 35.1 Å². The molecular weight excluding hydrogens is 432 g/mol. The number of nitrogens with zero attached hydrogens (tertiary/aromatic N) is 1. The zero-order valence-corrected chi connectivity index (χ0v) is 21.2. The smallest absolute Gasteiger partial charge is 0.235 e. The maximum Gasteiger partial charge on any atom is 0.235 e. The van der Waals surface area contributed by atoms with Crippen LogP contribution in [0.2, 0.25) is 0 Å². The topological polar surface area (TPSA) is 56.4 Å². The van der Waals surface area contributed by atoms with E-state index in [4.69, 9.17) is 0 Å². The number of carbonyl (C=O) groups excluding carboxylic acids is 1. The number of aryl methyl sites for hydroxylation is 1. The summed E-state index contributed by atoms with van der Waals surface area (Å²) >= 11 is 0. The summed E-state index contributed by atoms with van der Waals surface area (Å²) in [5, 5.41) is 3.19. The van der Waals surface area contributed by atoms with Crippen LogP contribution in [-0.2, 0) is 23.2 Å². The fourth-order valence-corrected chi connectivity index (χ4v) is 7.08. The predicted octanol–water partition coefficient (Wildman–Crippen LogP) is 4.50. The van der Waals surface area contributed by atoms with Crippen LogP contribution in [0.5, 0.6) is 0 Å². The molecule has 2 heterocycles. The van der Waals surface area contributed by atoms with E-state index in [0.29, 0.717) is 29.8 Å². The number of hydrogen-bond donors (Lipinski definition) is 3. The van der Waals surface area contributed by atoms with Crippen molar-refractivity contribution in [2.45, 2.75) is 63.1 Å². The van der Waals surface area contributed by atoms with Crippen molar-refractivity contribution in [3.63, 3.8) is 0 Å². The molecule has 6 rings (SSSR count). The molecule has 2 aromatic carbocycles. The molecule has 35 heavy (non-hydrogen) atoms. The van der Waals surface area contributed by atoms with Crippen LogP contribution in [0.3, 0.4) is 0 Å². The molecule has 1 saturated heterocycles. The Bertz CT molecular complexity index is 1140. The van der Waals surface area contributed by atoms with Crippen LogP contribution in [0.15, 0.2) is 48.5 Å². The molecule has 3 N–H and O–H groups in total. The summed E-state index contributed by atoms with van der Waals surface area (Å²) in [4.78, 5) is 15.3. The first-order chi connectivity index (χ1) is 17.0. The van der Waals surface area contributed by atoms with Gasteiger partial charge >= 0.3 is 0 Å². The van der Waals surface area contributed by atoms with Crippen LogP contribution in [0.25, 0.3) is 6.08 Å². The van der Waals surface area contributed by atoms with Gasteiger partial charge in [-0.2, -0.15) is 0 Å². The van der Waals surface area contributed by atoms with Crippen LogP contribution in [0, 0.1) is 17.8 Å². The second kappa shape index (κ2) is 8.88. The Morgan fingerprint density at radius 2 is 1.86 bits per heavy atom. The normalized spacial score (nSPS) is 33.4. The second-order valence-corrected chi connectivity index (χ2v) is 11.5. The molecule has 6 atom stereocenters. The fourth-order valence-electron chi connectivity index (χ4n) is 7.08. The van der Waals surface area contributed by atoms with Crippen LogP contribution in [-0.4, -0.2) is 37.0 Å². The molecule has 0 bridgehead atoms. The van der Waals surface area contributed by atoms with E-state index in [1.807, 2.05) is 0 Å². The van der Waals surface area contributed by atoms with Gasteiger partial charge in [-0.25, -0.2) is 0 Å².